The predicted octanol–water partition coefficient (Wildman–Crippen LogP) is 1.71. The maximum atomic E-state index is 11.5. The lowest BCUT2D eigenvalue weighted by molar-refractivity contribution is 1.15. The van der Waals surface area contributed by atoms with Crippen LogP contribution < -0.4 is 5.56 Å². The minimum atomic E-state index is -0.142. The van der Waals surface area contributed by atoms with Gasteiger partial charge in [0.05, 0.1) is 5.56 Å². The molecule has 3 nitrogen and oxygen atoms in total. The maximum absolute atomic E-state index is 11.5. The first-order valence-electron chi connectivity index (χ1n) is 4.26. The Hall–Kier alpha value is -2.08. The Morgan fingerprint density at radius 3 is 2.57 bits per heavy atom. The highest BCUT2D eigenvalue weighted by Gasteiger charge is 2.06. The molecule has 2 aromatic rings. The first-order chi connectivity index (χ1) is 6.74. The van der Waals surface area contributed by atoms with E-state index >= 15 is 0 Å². The fourth-order valence-corrected chi connectivity index (χ4v) is 1.55. The quantitative estimate of drug-likeness (QED) is 0.677. The van der Waals surface area contributed by atoms with Gasteiger partial charge in [-0.15, -0.1) is 0 Å². The third-order valence-corrected chi connectivity index (χ3v) is 2.23. The van der Waals surface area contributed by atoms with Crippen molar-refractivity contribution in [3.05, 3.63) is 45.9 Å². The van der Waals surface area contributed by atoms with E-state index in [-0.39, 0.29) is 5.56 Å². The third kappa shape index (κ3) is 1.09. The second-order valence-electron chi connectivity index (χ2n) is 3.11. The number of nitrogens with one attached hydrogen (secondary N) is 1. The van der Waals surface area contributed by atoms with Crippen LogP contribution in [0.4, 0.5) is 0 Å². The highest BCUT2D eigenvalue weighted by atomic mass is 16.1. The van der Waals surface area contributed by atoms with Crippen molar-refractivity contribution in [1.29, 1.82) is 5.26 Å². The van der Waals surface area contributed by atoms with Crippen LogP contribution in [0.5, 0.6) is 0 Å². The Labute approximate surface area is 80.6 Å². The molecule has 0 saturated heterocycles. The Morgan fingerprint density at radius 2 is 1.93 bits per heavy atom. The summed E-state index contributed by atoms with van der Waals surface area (Å²) in [5, 5.41) is 10.2. The highest BCUT2D eigenvalue weighted by molar-refractivity contribution is 5.87. The minimum Gasteiger partial charge on any atom is -0.325 e. The number of pyridine rings is 1. The van der Waals surface area contributed by atoms with Crippen LogP contribution in [0, 0.1) is 18.3 Å². The van der Waals surface area contributed by atoms with E-state index in [1.165, 1.54) is 0 Å². The monoisotopic (exact) mass is 184 g/mol. The van der Waals surface area contributed by atoms with Crippen LogP contribution in [0.1, 0.15) is 11.3 Å². The molecule has 0 saturated carbocycles. The molecule has 0 bridgehead atoms. The number of fused-ring (bicyclic) bond motifs is 1. The molecule has 1 heterocycles. The molecule has 68 valence electrons. The van der Waals surface area contributed by atoms with Crippen LogP contribution in [0.25, 0.3) is 10.8 Å². The number of aromatic nitrogens is 1. The van der Waals surface area contributed by atoms with Gasteiger partial charge in [0.2, 0.25) is 0 Å². The van der Waals surface area contributed by atoms with E-state index in [0.29, 0.717) is 16.6 Å². The molecule has 14 heavy (non-hydrogen) atoms. The number of rotatable bonds is 0. The second kappa shape index (κ2) is 3.00. The van der Waals surface area contributed by atoms with E-state index in [1.807, 2.05) is 6.07 Å². The van der Waals surface area contributed by atoms with Crippen molar-refractivity contribution in [3.63, 3.8) is 0 Å². The summed E-state index contributed by atoms with van der Waals surface area (Å²) in [6, 6.07) is 9.21. The zero-order valence-corrected chi connectivity index (χ0v) is 7.66. The lowest BCUT2D eigenvalue weighted by atomic mass is 10.1. The number of hydrogen-bond acceptors (Lipinski definition) is 2. The summed E-state index contributed by atoms with van der Waals surface area (Å²) < 4.78 is 0. The number of nitrogens with zero attached hydrogens (tertiary/aromatic N) is 1. The molecule has 3 heteroatoms. The molecule has 1 N–H and O–H groups in total. The molecule has 0 fully saturated rings. The molecule has 0 atom stereocenters. The van der Waals surface area contributed by atoms with Crippen molar-refractivity contribution in [2.75, 3.05) is 0 Å². The molecule has 0 unspecified atom stereocenters. The van der Waals surface area contributed by atoms with Crippen LogP contribution in [0.15, 0.2) is 29.1 Å². The van der Waals surface area contributed by atoms with Crippen molar-refractivity contribution in [2.24, 2.45) is 0 Å². The molecule has 0 amide bonds. The second-order valence-corrected chi connectivity index (χ2v) is 3.11. The average Bonchev–Trinajstić information content (AvgIpc) is 2.18. The van der Waals surface area contributed by atoms with Gasteiger partial charge in [-0.05, 0) is 13.0 Å². The van der Waals surface area contributed by atoms with Crippen LogP contribution in [0.3, 0.4) is 0 Å². The van der Waals surface area contributed by atoms with E-state index in [4.69, 9.17) is 5.26 Å². The highest BCUT2D eigenvalue weighted by Crippen LogP contribution is 2.15. The van der Waals surface area contributed by atoms with Crippen molar-refractivity contribution < 1.29 is 0 Å². The topological polar surface area (TPSA) is 56.6 Å². The van der Waals surface area contributed by atoms with E-state index < -0.39 is 0 Å². The van der Waals surface area contributed by atoms with E-state index in [2.05, 4.69) is 11.1 Å². The van der Waals surface area contributed by atoms with Gasteiger partial charge in [-0.25, -0.2) is 0 Å². The number of hydrogen-bond donors (Lipinski definition) is 1. The fourth-order valence-electron chi connectivity index (χ4n) is 1.55. The van der Waals surface area contributed by atoms with Crippen LogP contribution in [-0.2, 0) is 0 Å². The molecule has 1 aromatic carbocycles. The van der Waals surface area contributed by atoms with Gasteiger partial charge < -0.3 is 4.98 Å². The standard InChI is InChI=1S/C11H8N2O/c1-7-10(6-12)8-4-2-3-5-9(8)11(14)13-7/h2-5H,1H3,(H,13,14). The van der Waals surface area contributed by atoms with Gasteiger partial charge in [0.1, 0.15) is 6.07 Å². The summed E-state index contributed by atoms with van der Waals surface area (Å²) in [6.45, 7) is 1.73. The van der Waals surface area contributed by atoms with Gasteiger partial charge in [0.15, 0.2) is 0 Å². The Morgan fingerprint density at radius 1 is 1.29 bits per heavy atom. The van der Waals surface area contributed by atoms with Gasteiger partial charge in [-0.2, -0.15) is 5.26 Å². The number of H-pyrrole nitrogens is 1. The minimum absolute atomic E-state index is 0.142. The summed E-state index contributed by atoms with van der Waals surface area (Å²) in [4.78, 5) is 14.2. The number of nitriles is 1. The molecular weight excluding hydrogens is 176 g/mol. The van der Waals surface area contributed by atoms with Crippen molar-refractivity contribution in [1.82, 2.24) is 4.98 Å². The maximum Gasteiger partial charge on any atom is 0.256 e. The summed E-state index contributed by atoms with van der Waals surface area (Å²) in [5.41, 5.74) is 1.02. The van der Waals surface area contributed by atoms with Crippen molar-refractivity contribution in [3.8, 4) is 6.07 Å². The SMILES string of the molecule is Cc1[nH]c(=O)c2ccccc2c1C#N. The number of aromatic amines is 1. The van der Waals surface area contributed by atoms with E-state index in [0.717, 1.165) is 5.39 Å². The van der Waals surface area contributed by atoms with Gasteiger partial charge in [-0.3, -0.25) is 4.79 Å². The van der Waals surface area contributed by atoms with Crippen molar-refractivity contribution >= 4 is 10.8 Å². The Kier molecular flexibility index (Phi) is 1.83. The van der Waals surface area contributed by atoms with Gasteiger partial charge in [0.25, 0.3) is 5.56 Å². The Bertz CT molecular complexity index is 590. The Balaban J connectivity index is 3.08. The third-order valence-electron chi connectivity index (χ3n) is 2.23. The largest absolute Gasteiger partial charge is 0.325 e. The zero-order chi connectivity index (χ0) is 10.1. The number of aryl methyl sites for hydroxylation is 1. The molecular formula is C11H8N2O. The molecule has 2 rings (SSSR count). The van der Waals surface area contributed by atoms with Gasteiger partial charge in [-0.1, -0.05) is 18.2 Å². The smallest absolute Gasteiger partial charge is 0.256 e. The summed E-state index contributed by atoms with van der Waals surface area (Å²) in [6.07, 6.45) is 0. The summed E-state index contributed by atoms with van der Waals surface area (Å²) in [5.74, 6) is 0. The number of benzene rings is 1. The fraction of sp³-hybridized carbons (Fsp3) is 0.0909. The predicted molar refractivity (Wildman–Crippen MR) is 54.0 cm³/mol. The zero-order valence-electron chi connectivity index (χ0n) is 7.66. The summed E-state index contributed by atoms with van der Waals surface area (Å²) >= 11 is 0. The first-order valence-corrected chi connectivity index (χ1v) is 4.26. The van der Waals surface area contributed by atoms with Gasteiger partial charge in [0, 0.05) is 16.5 Å². The van der Waals surface area contributed by atoms with Gasteiger partial charge >= 0.3 is 0 Å². The van der Waals surface area contributed by atoms with E-state index in [1.54, 1.807) is 25.1 Å². The molecule has 0 radical (unpaired) electrons. The molecule has 0 aliphatic rings. The average molecular weight is 184 g/mol. The van der Waals surface area contributed by atoms with Crippen LogP contribution in [-0.4, -0.2) is 4.98 Å². The molecule has 1 aromatic heterocycles. The normalized spacial score (nSPS) is 10.0. The van der Waals surface area contributed by atoms with Crippen LogP contribution >= 0.6 is 0 Å². The lowest BCUT2D eigenvalue weighted by Gasteiger charge is -2.01. The van der Waals surface area contributed by atoms with E-state index in [9.17, 15) is 4.79 Å². The van der Waals surface area contributed by atoms with Crippen LogP contribution in [0.2, 0.25) is 0 Å². The first kappa shape index (κ1) is 8.52. The lowest BCUT2D eigenvalue weighted by Crippen LogP contribution is -2.09. The molecule has 0 spiro atoms. The van der Waals surface area contributed by atoms with Crippen molar-refractivity contribution in [2.45, 2.75) is 6.92 Å². The molecule has 0 aliphatic carbocycles. The summed E-state index contributed by atoms with van der Waals surface area (Å²) in [7, 11) is 0. The molecule has 0 aliphatic heterocycles.